The Kier molecular flexibility index (Phi) is 3.76. The van der Waals surface area contributed by atoms with Gasteiger partial charge >= 0.3 is 0 Å². The van der Waals surface area contributed by atoms with Crippen LogP contribution in [0.2, 0.25) is 5.02 Å². The molecule has 4 nitrogen and oxygen atoms in total. The first-order valence-corrected chi connectivity index (χ1v) is 5.84. The Morgan fingerprint density at radius 2 is 2.24 bits per heavy atom. The summed E-state index contributed by atoms with van der Waals surface area (Å²) in [5.74, 6) is 0. The van der Waals surface area contributed by atoms with Crippen LogP contribution in [0.3, 0.4) is 0 Å². The molecular weight excluding hydrogens is 236 g/mol. The van der Waals surface area contributed by atoms with Crippen LogP contribution in [0.25, 0.3) is 0 Å². The molecule has 17 heavy (non-hydrogen) atoms. The summed E-state index contributed by atoms with van der Waals surface area (Å²) in [4.78, 5) is 4.07. The molecule has 0 radical (unpaired) electrons. The molecule has 2 aromatic rings. The van der Waals surface area contributed by atoms with Gasteiger partial charge in [-0.2, -0.15) is 5.10 Å². The monoisotopic (exact) mass is 250 g/mol. The van der Waals surface area contributed by atoms with E-state index in [9.17, 15) is 0 Å². The van der Waals surface area contributed by atoms with Crippen LogP contribution in [0.1, 0.15) is 17.0 Å². The van der Waals surface area contributed by atoms with Crippen molar-refractivity contribution in [3.8, 4) is 0 Å². The van der Waals surface area contributed by atoms with Crippen molar-refractivity contribution in [3.05, 3.63) is 46.5 Å². The summed E-state index contributed by atoms with van der Waals surface area (Å²) < 4.78 is 1.81. The lowest BCUT2D eigenvalue weighted by atomic mass is 10.3. The number of aryl methyl sites for hydroxylation is 2. The van der Waals surface area contributed by atoms with Crippen LogP contribution in [-0.2, 0) is 20.1 Å². The van der Waals surface area contributed by atoms with Gasteiger partial charge in [-0.15, -0.1) is 0 Å². The second-order valence-corrected chi connectivity index (χ2v) is 4.31. The number of hydrogen-bond acceptors (Lipinski definition) is 3. The molecule has 0 saturated carbocycles. The number of rotatable bonds is 4. The standard InChI is InChI=1S/C12H15ClN4/c1-9-12(13)11(17(2)16-9)8-15-7-10-4-3-5-14-6-10/h3-6,15H,7-8H2,1-2H3. The zero-order chi connectivity index (χ0) is 12.3. The van der Waals surface area contributed by atoms with Crippen molar-refractivity contribution in [2.24, 2.45) is 7.05 Å². The Hall–Kier alpha value is -1.39. The van der Waals surface area contributed by atoms with E-state index in [0.29, 0.717) is 6.54 Å². The van der Waals surface area contributed by atoms with E-state index < -0.39 is 0 Å². The maximum Gasteiger partial charge on any atom is 0.0860 e. The molecule has 0 amide bonds. The molecule has 5 heteroatoms. The topological polar surface area (TPSA) is 42.7 Å². The zero-order valence-corrected chi connectivity index (χ0v) is 10.7. The number of hydrogen-bond donors (Lipinski definition) is 1. The van der Waals surface area contributed by atoms with Crippen molar-refractivity contribution in [2.75, 3.05) is 0 Å². The fraction of sp³-hybridized carbons (Fsp3) is 0.333. The van der Waals surface area contributed by atoms with E-state index in [1.807, 2.05) is 37.0 Å². The summed E-state index contributed by atoms with van der Waals surface area (Å²) in [6, 6.07) is 3.97. The quantitative estimate of drug-likeness (QED) is 0.903. The van der Waals surface area contributed by atoms with Gasteiger partial charge in [0.25, 0.3) is 0 Å². The summed E-state index contributed by atoms with van der Waals surface area (Å²) in [7, 11) is 1.90. The van der Waals surface area contributed by atoms with E-state index in [1.165, 1.54) is 0 Å². The first-order chi connectivity index (χ1) is 8.18. The molecular formula is C12H15ClN4. The number of halogens is 1. The molecule has 2 aromatic heterocycles. The first-order valence-electron chi connectivity index (χ1n) is 5.46. The van der Waals surface area contributed by atoms with Crippen molar-refractivity contribution in [1.82, 2.24) is 20.1 Å². The Balaban J connectivity index is 1.95. The number of nitrogens with zero attached hydrogens (tertiary/aromatic N) is 3. The van der Waals surface area contributed by atoms with Crippen LogP contribution in [-0.4, -0.2) is 14.8 Å². The van der Waals surface area contributed by atoms with Gasteiger partial charge in [0, 0.05) is 32.5 Å². The van der Waals surface area contributed by atoms with Gasteiger partial charge in [-0.05, 0) is 18.6 Å². The van der Waals surface area contributed by atoms with E-state index in [4.69, 9.17) is 11.6 Å². The van der Waals surface area contributed by atoms with Gasteiger partial charge in [-0.25, -0.2) is 0 Å². The predicted octanol–water partition coefficient (Wildman–Crippen LogP) is 2.07. The van der Waals surface area contributed by atoms with E-state index in [0.717, 1.165) is 28.5 Å². The largest absolute Gasteiger partial charge is 0.307 e. The van der Waals surface area contributed by atoms with Crippen molar-refractivity contribution >= 4 is 11.6 Å². The normalized spacial score (nSPS) is 10.8. The summed E-state index contributed by atoms with van der Waals surface area (Å²) in [6.45, 7) is 3.38. The van der Waals surface area contributed by atoms with E-state index >= 15 is 0 Å². The highest BCUT2D eigenvalue weighted by molar-refractivity contribution is 6.31. The van der Waals surface area contributed by atoms with Gasteiger partial charge in [-0.1, -0.05) is 17.7 Å². The lowest BCUT2D eigenvalue weighted by Gasteiger charge is -2.05. The third-order valence-corrected chi connectivity index (χ3v) is 3.10. The summed E-state index contributed by atoms with van der Waals surface area (Å²) in [5, 5.41) is 8.34. The molecule has 1 N–H and O–H groups in total. The smallest absolute Gasteiger partial charge is 0.0860 e. The lowest BCUT2D eigenvalue weighted by Crippen LogP contribution is -2.15. The van der Waals surface area contributed by atoms with E-state index in [2.05, 4.69) is 15.4 Å². The van der Waals surface area contributed by atoms with Crippen LogP contribution in [0.5, 0.6) is 0 Å². The van der Waals surface area contributed by atoms with Crippen molar-refractivity contribution < 1.29 is 0 Å². The average Bonchev–Trinajstić information content (AvgIpc) is 2.57. The SMILES string of the molecule is Cc1nn(C)c(CNCc2cccnc2)c1Cl. The van der Waals surface area contributed by atoms with Crippen LogP contribution in [0.4, 0.5) is 0 Å². The highest BCUT2D eigenvalue weighted by Crippen LogP contribution is 2.18. The van der Waals surface area contributed by atoms with Crippen LogP contribution in [0, 0.1) is 6.92 Å². The highest BCUT2D eigenvalue weighted by Gasteiger charge is 2.09. The Bertz CT molecular complexity index is 493. The molecule has 2 rings (SSSR count). The molecule has 0 unspecified atom stereocenters. The maximum atomic E-state index is 6.16. The summed E-state index contributed by atoms with van der Waals surface area (Å²) in [6.07, 6.45) is 3.62. The minimum absolute atomic E-state index is 0.699. The third-order valence-electron chi connectivity index (χ3n) is 2.61. The van der Waals surface area contributed by atoms with Gasteiger partial charge in [0.15, 0.2) is 0 Å². The number of aromatic nitrogens is 3. The van der Waals surface area contributed by atoms with Gasteiger partial charge in [0.1, 0.15) is 0 Å². The summed E-state index contributed by atoms with van der Waals surface area (Å²) >= 11 is 6.16. The lowest BCUT2D eigenvalue weighted by molar-refractivity contribution is 0.624. The van der Waals surface area contributed by atoms with E-state index in [-0.39, 0.29) is 0 Å². The molecule has 0 atom stereocenters. The Labute approximate surface area is 106 Å². The van der Waals surface area contributed by atoms with Crippen LogP contribution < -0.4 is 5.32 Å². The number of nitrogens with one attached hydrogen (secondary N) is 1. The van der Waals surface area contributed by atoms with Crippen molar-refractivity contribution in [3.63, 3.8) is 0 Å². The van der Waals surface area contributed by atoms with E-state index in [1.54, 1.807) is 6.20 Å². The third kappa shape index (κ3) is 2.84. The highest BCUT2D eigenvalue weighted by atomic mass is 35.5. The fourth-order valence-corrected chi connectivity index (χ4v) is 1.93. The maximum absolute atomic E-state index is 6.16. The average molecular weight is 251 g/mol. The van der Waals surface area contributed by atoms with Gasteiger partial charge < -0.3 is 5.32 Å². The predicted molar refractivity (Wildman–Crippen MR) is 67.7 cm³/mol. The second kappa shape index (κ2) is 5.29. The zero-order valence-electron chi connectivity index (χ0n) is 9.94. The molecule has 0 aromatic carbocycles. The van der Waals surface area contributed by atoms with Crippen molar-refractivity contribution in [2.45, 2.75) is 20.0 Å². The van der Waals surface area contributed by atoms with Crippen molar-refractivity contribution in [1.29, 1.82) is 0 Å². The molecule has 0 spiro atoms. The molecule has 90 valence electrons. The second-order valence-electron chi connectivity index (χ2n) is 3.93. The van der Waals surface area contributed by atoms with Crippen LogP contribution in [0.15, 0.2) is 24.5 Å². The fourth-order valence-electron chi connectivity index (χ4n) is 1.70. The van der Waals surface area contributed by atoms with Gasteiger partial charge in [0.05, 0.1) is 16.4 Å². The van der Waals surface area contributed by atoms with Gasteiger partial charge in [0.2, 0.25) is 0 Å². The van der Waals surface area contributed by atoms with Gasteiger partial charge in [-0.3, -0.25) is 9.67 Å². The Morgan fingerprint density at radius 1 is 1.41 bits per heavy atom. The minimum atomic E-state index is 0.699. The first kappa shape index (κ1) is 12.1. The molecule has 0 aliphatic carbocycles. The van der Waals surface area contributed by atoms with Crippen LogP contribution >= 0.6 is 11.6 Å². The molecule has 0 aliphatic heterocycles. The number of pyridine rings is 1. The molecule has 0 saturated heterocycles. The Morgan fingerprint density at radius 3 is 2.82 bits per heavy atom. The molecule has 0 bridgehead atoms. The molecule has 0 fully saturated rings. The molecule has 2 heterocycles. The minimum Gasteiger partial charge on any atom is -0.307 e. The molecule has 0 aliphatic rings. The summed E-state index contributed by atoms with van der Waals surface area (Å²) in [5.41, 5.74) is 3.03.